The zero-order chi connectivity index (χ0) is 15.6. The second kappa shape index (κ2) is 6.63. The Hall–Kier alpha value is -1.36. The van der Waals surface area contributed by atoms with E-state index in [0.717, 1.165) is 45.8 Å². The van der Waals surface area contributed by atoms with Gasteiger partial charge in [-0.05, 0) is 37.3 Å². The minimum absolute atomic E-state index is 0.287. The quantitative estimate of drug-likeness (QED) is 0.876. The second-order valence-corrected chi connectivity index (χ2v) is 6.98. The highest BCUT2D eigenvalue weighted by molar-refractivity contribution is 5.85. The molecule has 4 rings (SSSR count). The van der Waals surface area contributed by atoms with Crippen molar-refractivity contribution in [2.45, 2.75) is 38.3 Å². The van der Waals surface area contributed by atoms with Crippen LogP contribution in [0.5, 0.6) is 0 Å². The van der Waals surface area contributed by atoms with Crippen LogP contribution >= 0.6 is 0 Å². The molecule has 1 aromatic heterocycles. The Morgan fingerprint density at radius 3 is 2.78 bits per heavy atom. The van der Waals surface area contributed by atoms with Crippen LogP contribution in [0.25, 0.3) is 10.9 Å². The number of aliphatic hydroxyl groups excluding tert-OH is 1. The molecular formula is C19H27N2O2+. The number of nitrogens with zero attached hydrogens (tertiary/aromatic N) is 1. The molecule has 0 spiro atoms. The Bertz CT molecular complexity index is 673. The predicted molar refractivity (Wildman–Crippen MR) is 91.0 cm³/mol. The highest BCUT2D eigenvalue weighted by Crippen LogP contribution is 2.32. The van der Waals surface area contributed by atoms with Crippen molar-refractivity contribution in [3.05, 3.63) is 35.5 Å². The summed E-state index contributed by atoms with van der Waals surface area (Å²) in [6.07, 6.45) is 4.62. The molecule has 0 bridgehead atoms. The van der Waals surface area contributed by atoms with Crippen molar-refractivity contribution in [3.63, 3.8) is 0 Å². The van der Waals surface area contributed by atoms with E-state index < -0.39 is 0 Å². The van der Waals surface area contributed by atoms with E-state index in [0.29, 0.717) is 0 Å². The van der Waals surface area contributed by atoms with Crippen molar-refractivity contribution in [3.8, 4) is 0 Å². The molecule has 1 saturated heterocycles. The average Bonchev–Trinajstić information content (AvgIpc) is 2.90. The third-order valence-electron chi connectivity index (χ3n) is 5.40. The fourth-order valence-electron chi connectivity index (χ4n) is 4.27. The molecule has 4 nitrogen and oxygen atoms in total. The monoisotopic (exact) mass is 315 g/mol. The summed E-state index contributed by atoms with van der Waals surface area (Å²) in [6.45, 7) is 5.22. The van der Waals surface area contributed by atoms with Crippen molar-refractivity contribution >= 4 is 10.9 Å². The van der Waals surface area contributed by atoms with Gasteiger partial charge in [-0.2, -0.15) is 0 Å². The van der Waals surface area contributed by atoms with E-state index in [1.54, 1.807) is 0 Å². The Labute approximate surface area is 137 Å². The Kier molecular flexibility index (Phi) is 4.38. The maximum Gasteiger partial charge on any atom is 0.121 e. The number of aryl methyl sites for hydroxylation is 1. The summed E-state index contributed by atoms with van der Waals surface area (Å²) >= 11 is 0. The number of quaternary nitrogens is 1. The normalized spacial score (nSPS) is 20.6. The van der Waals surface area contributed by atoms with Crippen molar-refractivity contribution < 1.29 is 14.7 Å². The van der Waals surface area contributed by atoms with Gasteiger partial charge in [0.15, 0.2) is 0 Å². The average molecular weight is 315 g/mol. The van der Waals surface area contributed by atoms with Gasteiger partial charge in [0.2, 0.25) is 0 Å². The Morgan fingerprint density at radius 2 is 1.91 bits per heavy atom. The molecule has 0 saturated carbocycles. The van der Waals surface area contributed by atoms with Gasteiger partial charge in [-0.15, -0.1) is 0 Å². The van der Waals surface area contributed by atoms with Crippen LogP contribution in [0.2, 0.25) is 0 Å². The topological polar surface area (TPSA) is 38.8 Å². The predicted octanol–water partition coefficient (Wildman–Crippen LogP) is 0.796. The number of aliphatic hydroxyl groups is 1. The van der Waals surface area contributed by atoms with E-state index in [-0.39, 0.29) is 6.10 Å². The molecule has 0 amide bonds. The minimum Gasteiger partial charge on any atom is -0.385 e. The van der Waals surface area contributed by atoms with E-state index in [4.69, 9.17) is 4.74 Å². The number of hydrogen-bond donors (Lipinski definition) is 2. The van der Waals surface area contributed by atoms with Crippen LogP contribution in [0, 0.1) is 0 Å². The molecule has 1 atom stereocenters. The first-order valence-electron chi connectivity index (χ1n) is 9.01. The number of para-hydroxylation sites is 1. The summed E-state index contributed by atoms with van der Waals surface area (Å²) in [5.41, 5.74) is 4.29. The molecule has 2 heterocycles. The molecule has 23 heavy (non-hydrogen) atoms. The van der Waals surface area contributed by atoms with E-state index in [1.165, 1.54) is 46.3 Å². The number of fused-ring (bicyclic) bond motifs is 3. The lowest BCUT2D eigenvalue weighted by atomic mass is 9.95. The first kappa shape index (κ1) is 15.2. The number of morpholine rings is 1. The number of nitrogens with one attached hydrogen (secondary N) is 1. The lowest BCUT2D eigenvalue weighted by Gasteiger charge is -2.26. The van der Waals surface area contributed by atoms with Gasteiger partial charge in [0.25, 0.3) is 0 Å². The maximum atomic E-state index is 10.7. The van der Waals surface area contributed by atoms with Crippen LogP contribution in [-0.2, 0) is 24.1 Å². The molecule has 2 N–H and O–H groups in total. The smallest absolute Gasteiger partial charge is 0.121 e. The first-order chi connectivity index (χ1) is 11.3. The van der Waals surface area contributed by atoms with Gasteiger partial charge in [0.05, 0.1) is 19.8 Å². The van der Waals surface area contributed by atoms with Crippen molar-refractivity contribution in [2.24, 2.45) is 0 Å². The zero-order valence-electron chi connectivity index (χ0n) is 13.8. The van der Waals surface area contributed by atoms with Crippen LogP contribution in [0.15, 0.2) is 24.3 Å². The molecule has 1 aliphatic carbocycles. The number of ether oxygens (including phenoxy) is 1. The molecular weight excluding hydrogens is 288 g/mol. The van der Waals surface area contributed by atoms with E-state index in [2.05, 4.69) is 28.8 Å². The van der Waals surface area contributed by atoms with Crippen molar-refractivity contribution in [2.75, 3.05) is 32.8 Å². The summed E-state index contributed by atoms with van der Waals surface area (Å²) in [5, 5.41) is 12.0. The minimum atomic E-state index is -0.287. The van der Waals surface area contributed by atoms with Gasteiger partial charge in [0, 0.05) is 16.6 Å². The molecule has 2 aromatic rings. The number of aromatic nitrogens is 1. The van der Waals surface area contributed by atoms with E-state index >= 15 is 0 Å². The van der Waals surface area contributed by atoms with Crippen molar-refractivity contribution in [1.82, 2.24) is 4.57 Å². The summed E-state index contributed by atoms with van der Waals surface area (Å²) in [6, 6.07) is 8.71. The fraction of sp³-hybridized carbons (Fsp3) is 0.579. The lowest BCUT2D eigenvalue weighted by molar-refractivity contribution is -0.911. The lowest BCUT2D eigenvalue weighted by Crippen LogP contribution is -3.15. The Morgan fingerprint density at radius 1 is 1.13 bits per heavy atom. The first-order valence-corrected chi connectivity index (χ1v) is 9.01. The molecule has 124 valence electrons. The van der Waals surface area contributed by atoms with Crippen LogP contribution in [0.3, 0.4) is 0 Å². The third kappa shape index (κ3) is 3.03. The second-order valence-electron chi connectivity index (χ2n) is 6.98. The molecule has 2 aliphatic rings. The number of benzene rings is 1. The van der Waals surface area contributed by atoms with Gasteiger partial charge in [-0.1, -0.05) is 18.2 Å². The van der Waals surface area contributed by atoms with Gasteiger partial charge >= 0.3 is 0 Å². The standard InChI is InChI=1S/C19H26N2O2/c22-15(13-20-9-11-23-12-10-20)14-21-18-7-3-1-5-16(18)17-6-2-4-8-19(17)21/h1,3,5,7,15,22H,2,4,6,8-14H2/p+1/t15-/m0/s1. The largest absolute Gasteiger partial charge is 0.385 e. The van der Waals surface area contributed by atoms with Gasteiger partial charge in [0.1, 0.15) is 25.7 Å². The SMILES string of the molecule is O[C@H](Cn1c2c(c3ccccc31)CCCC2)C[NH+]1CCOCC1. The zero-order valence-corrected chi connectivity index (χ0v) is 13.8. The van der Waals surface area contributed by atoms with Gasteiger partial charge in [-0.25, -0.2) is 0 Å². The van der Waals surface area contributed by atoms with E-state index in [1.807, 2.05) is 0 Å². The number of hydrogen-bond acceptors (Lipinski definition) is 2. The molecule has 1 aromatic carbocycles. The van der Waals surface area contributed by atoms with Crippen LogP contribution in [-0.4, -0.2) is 48.6 Å². The van der Waals surface area contributed by atoms with Gasteiger partial charge in [-0.3, -0.25) is 0 Å². The summed E-state index contributed by atoms with van der Waals surface area (Å²) in [5.74, 6) is 0. The third-order valence-corrected chi connectivity index (χ3v) is 5.40. The molecule has 1 fully saturated rings. The van der Waals surface area contributed by atoms with E-state index in [9.17, 15) is 5.11 Å². The van der Waals surface area contributed by atoms with Crippen LogP contribution in [0.1, 0.15) is 24.1 Å². The van der Waals surface area contributed by atoms with Gasteiger partial charge < -0.3 is 19.3 Å². The molecule has 0 unspecified atom stereocenters. The molecule has 1 aliphatic heterocycles. The molecule has 0 radical (unpaired) electrons. The Balaban J connectivity index is 1.58. The fourth-order valence-corrected chi connectivity index (χ4v) is 4.27. The maximum absolute atomic E-state index is 10.7. The van der Waals surface area contributed by atoms with Crippen molar-refractivity contribution in [1.29, 1.82) is 0 Å². The number of rotatable bonds is 4. The van der Waals surface area contributed by atoms with Crippen LogP contribution < -0.4 is 4.90 Å². The molecule has 4 heteroatoms. The summed E-state index contributed by atoms with van der Waals surface area (Å²) in [4.78, 5) is 1.47. The summed E-state index contributed by atoms with van der Waals surface area (Å²) in [7, 11) is 0. The van der Waals surface area contributed by atoms with Crippen LogP contribution in [0.4, 0.5) is 0 Å². The highest BCUT2D eigenvalue weighted by Gasteiger charge is 2.23. The highest BCUT2D eigenvalue weighted by atomic mass is 16.5. The summed E-state index contributed by atoms with van der Waals surface area (Å²) < 4.78 is 7.81.